The van der Waals surface area contributed by atoms with E-state index in [2.05, 4.69) is 12.1 Å². The Labute approximate surface area is 146 Å². The van der Waals surface area contributed by atoms with Gasteiger partial charge in [-0.3, -0.25) is 0 Å². The second-order valence-corrected chi connectivity index (χ2v) is 6.19. The van der Waals surface area contributed by atoms with Gasteiger partial charge in [0.1, 0.15) is 11.5 Å². The van der Waals surface area contributed by atoms with Crippen LogP contribution in [0.5, 0.6) is 11.5 Å². The summed E-state index contributed by atoms with van der Waals surface area (Å²) in [6.07, 6.45) is 12.3. The van der Waals surface area contributed by atoms with E-state index in [1.807, 2.05) is 18.2 Å². The first kappa shape index (κ1) is 20.3. The molecule has 0 unspecified atom stereocenters. The zero-order valence-electron chi connectivity index (χ0n) is 15.5. The summed E-state index contributed by atoms with van der Waals surface area (Å²) in [4.78, 5) is 0. The van der Waals surface area contributed by atoms with Crippen LogP contribution in [0.1, 0.15) is 76.7 Å². The van der Waals surface area contributed by atoms with E-state index in [-0.39, 0.29) is 0 Å². The Kier molecular flexibility index (Phi) is 10.7. The fourth-order valence-electron chi connectivity index (χ4n) is 2.88. The van der Waals surface area contributed by atoms with E-state index >= 15 is 0 Å². The van der Waals surface area contributed by atoms with E-state index in [1.165, 1.54) is 51.4 Å². The van der Waals surface area contributed by atoms with Crippen LogP contribution in [0.2, 0.25) is 0 Å². The predicted octanol–water partition coefficient (Wildman–Crippen LogP) is 5.80. The number of nitrogens with zero attached hydrogens (tertiary/aromatic N) is 1. The van der Waals surface area contributed by atoms with Crippen LogP contribution < -0.4 is 9.47 Å². The van der Waals surface area contributed by atoms with Gasteiger partial charge in [-0.15, -0.1) is 0 Å². The van der Waals surface area contributed by atoms with Crippen molar-refractivity contribution in [2.24, 2.45) is 5.16 Å². The molecule has 0 aliphatic rings. The molecule has 4 nitrogen and oxygen atoms in total. The SMILES string of the molecule is CCCCCCCCCCC/C(=N/O)c1ccc(OC)cc1OC. The first-order valence-corrected chi connectivity index (χ1v) is 9.20. The van der Waals surface area contributed by atoms with Crippen LogP contribution in [0, 0.1) is 0 Å². The number of oxime groups is 1. The lowest BCUT2D eigenvalue weighted by Crippen LogP contribution is -2.04. The Hall–Kier alpha value is -1.71. The zero-order chi connectivity index (χ0) is 17.6. The van der Waals surface area contributed by atoms with Gasteiger partial charge < -0.3 is 14.7 Å². The van der Waals surface area contributed by atoms with Crippen molar-refractivity contribution in [1.29, 1.82) is 0 Å². The lowest BCUT2D eigenvalue weighted by molar-refractivity contribution is 0.317. The summed E-state index contributed by atoms with van der Waals surface area (Å²) < 4.78 is 10.6. The third-order valence-electron chi connectivity index (χ3n) is 4.36. The number of ether oxygens (including phenoxy) is 2. The molecule has 0 fully saturated rings. The van der Waals surface area contributed by atoms with Gasteiger partial charge in [-0.1, -0.05) is 63.4 Å². The van der Waals surface area contributed by atoms with Crippen molar-refractivity contribution in [2.45, 2.75) is 71.1 Å². The molecule has 1 aromatic rings. The third kappa shape index (κ3) is 7.24. The van der Waals surface area contributed by atoms with Crippen LogP contribution in [0.3, 0.4) is 0 Å². The number of hydrogen-bond acceptors (Lipinski definition) is 4. The minimum absolute atomic E-state index is 0.678. The van der Waals surface area contributed by atoms with E-state index in [4.69, 9.17) is 9.47 Å². The minimum atomic E-state index is 0.678. The fourth-order valence-corrected chi connectivity index (χ4v) is 2.88. The summed E-state index contributed by atoms with van der Waals surface area (Å²) in [7, 11) is 3.24. The van der Waals surface area contributed by atoms with Crippen molar-refractivity contribution in [2.75, 3.05) is 14.2 Å². The van der Waals surface area contributed by atoms with Crippen LogP contribution in [0.25, 0.3) is 0 Å². The maximum absolute atomic E-state index is 9.35. The van der Waals surface area contributed by atoms with Gasteiger partial charge in [-0.2, -0.15) is 0 Å². The van der Waals surface area contributed by atoms with E-state index < -0.39 is 0 Å². The van der Waals surface area contributed by atoms with E-state index in [9.17, 15) is 5.21 Å². The van der Waals surface area contributed by atoms with E-state index in [0.29, 0.717) is 11.5 Å². The molecular formula is C20H33NO3. The molecule has 1 N–H and O–H groups in total. The summed E-state index contributed by atoms with van der Waals surface area (Å²) in [6.45, 7) is 2.25. The smallest absolute Gasteiger partial charge is 0.131 e. The van der Waals surface area contributed by atoms with Crippen LogP contribution >= 0.6 is 0 Å². The lowest BCUT2D eigenvalue weighted by Gasteiger charge is -2.11. The molecular weight excluding hydrogens is 302 g/mol. The maximum atomic E-state index is 9.35. The highest BCUT2D eigenvalue weighted by Gasteiger charge is 2.12. The quantitative estimate of drug-likeness (QED) is 0.214. The Morgan fingerprint density at radius 2 is 1.54 bits per heavy atom. The highest BCUT2D eigenvalue weighted by molar-refractivity contribution is 6.02. The monoisotopic (exact) mass is 335 g/mol. The molecule has 0 radical (unpaired) electrons. The Morgan fingerprint density at radius 1 is 0.917 bits per heavy atom. The Balaban J connectivity index is 2.35. The van der Waals surface area contributed by atoms with Gasteiger partial charge in [0.2, 0.25) is 0 Å². The normalized spacial score (nSPS) is 11.5. The van der Waals surface area contributed by atoms with E-state index in [1.54, 1.807) is 14.2 Å². The Bertz CT molecular complexity index is 486. The second-order valence-electron chi connectivity index (χ2n) is 6.19. The van der Waals surface area contributed by atoms with Gasteiger partial charge in [-0.25, -0.2) is 0 Å². The molecule has 24 heavy (non-hydrogen) atoms. The van der Waals surface area contributed by atoms with E-state index in [0.717, 1.165) is 24.2 Å². The van der Waals surface area contributed by atoms with Gasteiger partial charge in [0, 0.05) is 11.6 Å². The van der Waals surface area contributed by atoms with Crippen molar-refractivity contribution in [3.63, 3.8) is 0 Å². The van der Waals surface area contributed by atoms with Crippen molar-refractivity contribution < 1.29 is 14.7 Å². The maximum Gasteiger partial charge on any atom is 0.131 e. The highest BCUT2D eigenvalue weighted by Crippen LogP contribution is 2.26. The number of methoxy groups -OCH3 is 2. The van der Waals surface area contributed by atoms with Gasteiger partial charge in [0.15, 0.2) is 0 Å². The topological polar surface area (TPSA) is 51.1 Å². The molecule has 0 atom stereocenters. The first-order valence-electron chi connectivity index (χ1n) is 9.20. The van der Waals surface area contributed by atoms with Crippen LogP contribution in [0.4, 0.5) is 0 Å². The summed E-state index contributed by atoms with van der Waals surface area (Å²) in [5, 5.41) is 12.8. The molecule has 1 aromatic carbocycles. The van der Waals surface area contributed by atoms with Crippen molar-refractivity contribution in [3.8, 4) is 11.5 Å². The van der Waals surface area contributed by atoms with Crippen LogP contribution in [-0.4, -0.2) is 25.1 Å². The summed E-state index contributed by atoms with van der Waals surface area (Å²) in [6, 6.07) is 5.57. The fraction of sp³-hybridized carbons (Fsp3) is 0.650. The molecule has 0 aromatic heterocycles. The molecule has 0 bridgehead atoms. The number of unbranched alkanes of at least 4 members (excludes halogenated alkanes) is 8. The van der Waals surface area contributed by atoms with Gasteiger partial charge in [-0.05, 0) is 25.0 Å². The van der Waals surface area contributed by atoms with Crippen LogP contribution in [0.15, 0.2) is 23.4 Å². The number of rotatable bonds is 13. The minimum Gasteiger partial charge on any atom is -0.497 e. The number of benzene rings is 1. The lowest BCUT2D eigenvalue weighted by atomic mass is 10.0. The molecule has 0 aliphatic heterocycles. The molecule has 4 heteroatoms. The molecule has 0 saturated carbocycles. The molecule has 1 rings (SSSR count). The number of hydrogen-bond donors (Lipinski definition) is 1. The molecule has 0 spiro atoms. The van der Waals surface area contributed by atoms with Crippen LogP contribution in [-0.2, 0) is 0 Å². The van der Waals surface area contributed by atoms with Gasteiger partial charge in [0.05, 0.1) is 19.9 Å². The average Bonchev–Trinajstić information content (AvgIpc) is 2.63. The zero-order valence-corrected chi connectivity index (χ0v) is 15.5. The second kappa shape index (κ2) is 12.7. The summed E-state index contributed by atoms with van der Waals surface area (Å²) >= 11 is 0. The standard InChI is InChI=1S/C20H33NO3/c1-4-5-6-7-8-9-10-11-12-13-19(21-22)18-15-14-17(23-2)16-20(18)24-3/h14-16,22H,4-13H2,1-3H3/b21-19-. The third-order valence-corrected chi connectivity index (χ3v) is 4.36. The molecule has 0 aliphatic carbocycles. The summed E-state index contributed by atoms with van der Waals surface area (Å²) in [5.74, 6) is 1.41. The Morgan fingerprint density at radius 3 is 2.08 bits per heavy atom. The predicted molar refractivity (Wildman–Crippen MR) is 99.7 cm³/mol. The largest absolute Gasteiger partial charge is 0.497 e. The highest BCUT2D eigenvalue weighted by atomic mass is 16.5. The van der Waals surface area contributed by atoms with Crippen molar-refractivity contribution >= 4 is 5.71 Å². The molecule has 0 heterocycles. The molecule has 0 saturated heterocycles. The van der Waals surface area contributed by atoms with Crippen molar-refractivity contribution in [1.82, 2.24) is 0 Å². The van der Waals surface area contributed by atoms with Gasteiger partial charge in [0.25, 0.3) is 0 Å². The summed E-state index contributed by atoms with van der Waals surface area (Å²) in [5.41, 5.74) is 1.51. The van der Waals surface area contributed by atoms with Gasteiger partial charge >= 0.3 is 0 Å². The van der Waals surface area contributed by atoms with Crippen molar-refractivity contribution in [3.05, 3.63) is 23.8 Å². The molecule has 0 amide bonds. The molecule has 136 valence electrons. The first-order chi connectivity index (χ1) is 11.8. The average molecular weight is 335 g/mol.